The van der Waals surface area contributed by atoms with Crippen LogP contribution in [0, 0.1) is 5.92 Å². The van der Waals surface area contributed by atoms with Gasteiger partial charge in [0.2, 0.25) is 0 Å². The number of hydrogen-bond acceptors (Lipinski definition) is 2. The monoisotopic (exact) mass is 354 g/mol. The van der Waals surface area contributed by atoms with Crippen LogP contribution >= 0.6 is 23.2 Å². The predicted octanol–water partition coefficient (Wildman–Crippen LogP) is 3.89. The van der Waals surface area contributed by atoms with Crippen LogP contribution in [0.15, 0.2) is 36.7 Å². The molecule has 124 valence electrons. The van der Waals surface area contributed by atoms with Crippen LogP contribution in [0.4, 0.5) is 4.79 Å². The maximum Gasteiger partial charge on any atom is 0.315 e. The van der Waals surface area contributed by atoms with Gasteiger partial charge in [-0.25, -0.2) is 4.79 Å². The zero-order valence-electron chi connectivity index (χ0n) is 13.1. The number of halogens is 2. The van der Waals surface area contributed by atoms with Crippen molar-refractivity contribution in [2.45, 2.75) is 26.4 Å². The molecule has 2 N–H and O–H groups in total. The molecule has 2 atom stereocenters. The van der Waals surface area contributed by atoms with Crippen molar-refractivity contribution in [1.29, 1.82) is 0 Å². The molecule has 0 aliphatic heterocycles. The van der Waals surface area contributed by atoms with Crippen molar-refractivity contribution in [2.24, 2.45) is 5.92 Å². The van der Waals surface area contributed by atoms with E-state index in [9.17, 15) is 4.79 Å². The number of nitrogens with one attached hydrogen (secondary N) is 2. The van der Waals surface area contributed by atoms with Crippen LogP contribution in [-0.2, 0) is 6.54 Å². The summed E-state index contributed by atoms with van der Waals surface area (Å²) in [6, 6.07) is 6.68. The van der Waals surface area contributed by atoms with Crippen molar-refractivity contribution >= 4 is 29.2 Å². The van der Waals surface area contributed by atoms with E-state index < -0.39 is 0 Å². The van der Waals surface area contributed by atoms with Gasteiger partial charge in [0, 0.05) is 35.5 Å². The van der Waals surface area contributed by atoms with E-state index in [-0.39, 0.29) is 18.0 Å². The zero-order chi connectivity index (χ0) is 16.8. The Labute approximate surface area is 146 Å². The van der Waals surface area contributed by atoms with E-state index in [0.717, 1.165) is 12.1 Å². The number of carbonyl (C=O) groups is 1. The molecule has 2 amide bonds. The molecule has 1 aromatic carbocycles. The fourth-order valence-corrected chi connectivity index (χ4v) is 2.81. The van der Waals surface area contributed by atoms with Gasteiger partial charge in [-0.1, -0.05) is 36.2 Å². The van der Waals surface area contributed by atoms with E-state index in [4.69, 9.17) is 23.2 Å². The lowest BCUT2D eigenvalue weighted by molar-refractivity contribution is 0.235. The summed E-state index contributed by atoms with van der Waals surface area (Å²) in [6.45, 7) is 5.25. The van der Waals surface area contributed by atoms with Gasteiger partial charge >= 0.3 is 6.03 Å². The van der Waals surface area contributed by atoms with Crippen LogP contribution in [0.25, 0.3) is 0 Å². The lowest BCUT2D eigenvalue weighted by Gasteiger charge is -2.18. The molecule has 1 heterocycles. The Morgan fingerprint density at radius 1 is 1.35 bits per heavy atom. The van der Waals surface area contributed by atoms with Crippen LogP contribution < -0.4 is 10.6 Å². The zero-order valence-corrected chi connectivity index (χ0v) is 14.6. The number of amides is 2. The van der Waals surface area contributed by atoms with E-state index in [2.05, 4.69) is 22.7 Å². The minimum absolute atomic E-state index is 0.207. The first kappa shape index (κ1) is 17.6. The van der Waals surface area contributed by atoms with Gasteiger partial charge < -0.3 is 10.6 Å². The van der Waals surface area contributed by atoms with Crippen molar-refractivity contribution in [2.75, 3.05) is 6.54 Å². The van der Waals surface area contributed by atoms with Gasteiger partial charge in [-0.2, -0.15) is 5.10 Å². The molecule has 0 radical (unpaired) electrons. The van der Waals surface area contributed by atoms with E-state index in [0.29, 0.717) is 16.6 Å². The Kier molecular flexibility index (Phi) is 6.30. The third kappa shape index (κ3) is 5.44. The van der Waals surface area contributed by atoms with Gasteiger partial charge in [0.05, 0.1) is 6.04 Å². The lowest BCUT2D eigenvalue weighted by atomic mass is 10.1. The summed E-state index contributed by atoms with van der Waals surface area (Å²) in [7, 11) is 0. The van der Waals surface area contributed by atoms with Gasteiger partial charge in [0.15, 0.2) is 0 Å². The van der Waals surface area contributed by atoms with E-state index >= 15 is 0 Å². The van der Waals surface area contributed by atoms with Crippen molar-refractivity contribution in [3.63, 3.8) is 0 Å². The van der Waals surface area contributed by atoms with Crippen LogP contribution in [0.1, 0.15) is 25.5 Å². The number of aromatic nitrogens is 2. The largest absolute Gasteiger partial charge is 0.338 e. The van der Waals surface area contributed by atoms with Crippen molar-refractivity contribution in [3.8, 4) is 0 Å². The summed E-state index contributed by atoms with van der Waals surface area (Å²) in [4.78, 5) is 12.0. The molecular formula is C16H20Cl2N4O. The average Bonchev–Trinajstić information content (AvgIpc) is 2.97. The topological polar surface area (TPSA) is 59.0 Å². The highest BCUT2D eigenvalue weighted by Gasteiger charge is 2.13. The smallest absolute Gasteiger partial charge is 0.315 e. The maximum absolute atomic E-state index is 12.0. The fourth-order valence-electron chi connectivity index (χ4n) is 2.24. The molecule has 0 aliphatic carbocycles. The molecule has 0 aliphatic rings. The summed E-state index contributed by atoms with van der Waals surface area (Å²) in [5, 5.41) is 11.0. The van der Waals surface area contributed by atoms with E-state index in [1.807, 2.05) is 29.9 Å². The molecule has 2 aromatic rings. The van der Waals surface area contributed by atoms with E-state index in [1.54, 1.807) is 18.3 Å². The Morgan fingerprint density at radius 2 is 2.13 bits per heavy atom. The summed E-state index contributed by atoms with van der Waals surface area (Å²) < 4.78 is 1.85. The highest BCUT2D eigenvalue weighted by molar-refractivity contribution is 6.35. The molecular weight excluding hydrogens is 335 g/mol. The molecule has 23 heavy (non-hydrogen) atoms. The molecule has 7 heteroatoms. The Bertz CT molecular complexity index is 646. The summed E-state index contributed by atoms with van der Waals surface area (Å²) in [6.07, 6.45) is 3.64. The number of nitrogens with zero attached hydrogens (tertiary/aromatic N) is 2. The van der Waals surface area contributed by atoms with Gasteiger partial charge in [0.1, 0.15) is 0 Å². The Hall–Kier alpha value is -1.72. The first-order valence-corrected chi connectivity index (χ1v) is 8.18. The summed E-state index contributed by atoms with van der Waals surface area (Å²) in [5.41, 5.74) is 0.829. The molecule has 2 unspecified atom stereocenters. The first-order valence-electron chi connectivity index (χ1n) is 7.42. The highest BCUT2D eigenvalue weighted by atomic mass is 35.5. The average molecular weight is 355 g/mol. The molecule has 0 saturated carbocycles. The second-order valence-corrected chi connectivity index (χ2v) is 6.42. The van der Waals surface area contributed by atoms with Gasteiger partial charge in [-0.05, 0) is 36.6 Å². The second-order valence-electron chi connectivity index (χ2n) is 5.58. The number of carbonyl (C=O) groups excluding carboxylic acids is 1. The van der Waals surface area contributed by atoms with Crippen molar-refractivity contribution in [3.05, 3.63) is 52.3 Å². The van der Waals surface area contributed by atoms with Crippen LogP contribution in [0.5, 0.6) is 0 Å². The Morgan fingerprint density at radius 3 is 2.78 bits per heavy atom. The fraction of sp³-hybridized carbons (Fsp3) is 0.375. The SMILES string of the molecule is CC(CNC(=O)NC(C)c1ccc(Cl)cc1Cl)Cn1cccn1. The van der Waals surface area contributed by atoms with Crippen molar-refractivity contribution in [1.82, 2.24) is 20.4 Å². The summed E-state index contributed by atoms with van der Waals surface area (Å²) in [5.74, 6) is 0.273. The Balaban J connectivity index is 1.79. The highest BCUT2D eigenvalue weighted by Crippen LogP contribution is 2.25. The molecule has 0 saturated heterocycles. The number of hydrogen-bond donors (Lipinski definition) is 2. The second kappa shape index (κ2) is 8.22. The summed E-state index contributed by atoms with van der Waals surface area (Å²) >= 11 is 12.0. The third-order valence-electron chi connectivity index (χ3n) is 3.45. The molecule has 0 bridgehead atoms. The molecule has 5 nitrogen and oxygen atoms in total. The third-order valence-corrected chi connectivity index (χ3v) is 4.01. The maximum atomic E-state index is 12.0. The van der Waals surface area contributed by atoms with Gasteiger partial charge in [0.25, 0.3) is 0 Å². The molecule has 0 spiro atoms. The van der Waals surface area contributed by atoms with Crippen LogP contribution in [0.2, 0.25) is 10.0 Å². The molecule has 0 fully saturated rings. The van der Waals surface area contributed by atoms with E-state index in [1.165, 1.54) is 0 Å². The minimum Gasteiger partial charge on any atom is -0.338 e. The quantitative estimate of drug-likeness (QED) is 0.826. The van der Waals surface area contributed by atoms with Gasteiger partial charge in [-0.3, -0.25) is 4.68 Å². The number of urea groups is 1. The lowest BCUT2D eigenvalue weighted by Crippen LogP contribution is -2.39. The standard InChI is InChI=1S/C16H20Cl2N4O/c1-11(10-22-7-3-6-20-22)9-19-16(23)21-12(2)14-5-4-13(17)8-15(14)18/h3-8,11-12H,9-10H2,1-2H3,(H2,19,21,23). The number of benzene rings is 1. The first-order chi connectivity index (χ1) is 11.0. The number of rotatable bonds is 6. The molecule has 1 aromatic heterocycles. The van der Waals surface area contributed by atoms with Crippen LogP contribution in [-0.4, -0.2) is 22.4 Å². The normalized spacial score (nSPS) is 13.4. The van der Waals surface area contributed by atoms with Crippen LogP contribution in [0.3, 0.4) is 0 Å². The predicted molar refractivity (Wildman–Crippen MR) is 92.8 cm³/mol. The molecule has 2 rings (SSSR count). The van der Waals surface area contributed by atoms with Gasteiger partial charge in [-0.15, -0.1) is 0 Å². The minimum atomic E-state index is -0.226. The van der Waals surface area contributed by atoms with Crippen molar-refractivity contribution < 1.29 is 4.79 Å².